The molecule has 3 heterocycles. The zero-order valence-electron chi connectivity index (χ0n) is 12.5. The van der Waals surface area contributed by atoms with Crippen LogP contribution in [0.15, 0.2) is 41.1 Å². The van der Waals surface area contributed by atoms with Crippen molar-refractivity contribution in [3.8, 4) is 22.6 Å². The van der Waals surface area contributed by atoms with E-state index in [9.17, 15) is 0 Å². The average Bonchev–Trinajstić information content (AvgIpc) is 3.10. The maximum Gasteiger partial charge on any atom is 0.223 e. The fourth-order valence-corrected chi connectivity index (χ4v) is 2.68. The van der Waals surface area contributed by atoms with E-state index in [-0.39, 0.29) is 0 Å². The highest BCUT2D eigenvalue weighted by Crippen LogP contribution is 2.28. The lowest BCUT2D eigenvalue weighted by atomic mass is 10.1. The van der Waals surface area contributed by atoms with Crippen molar-refractivity contribution in [1.82, 2.24) is 24.7 Å². The van der Waals surface area contributed by atoms with Crippen LogP contribution in [0.4, 0.5) is 0 Å². The molecule has 0 spiro atoms. The molecule has 23 heavy (non-hydrogen) atoms. The smallest absolute Gasteiger partial charge is 0.223 e. The number of benzene rings is 1. The minimum Gasteiger partial charge on any atom is -0.339 e. The van der Waals surface area contributed by atoms with E-state index < -0.39 is 0 Å². The van der Waals surface area contributed by atoms with Crippen molar-refractivity contribution in [3.63, 3.8) is 0 Å². The van der Waals surface area contributed by atoms with Gasteiger partial charge in [-0.3, -0.25) is 0 Å². The summed E-state index contributed by atoms with van der Waals surface area (Å²) in [7, 11) is 0. The minimum absolute atomic E-state index is 0.496. The highest BCUT2D eigenvalue weighted by atomic mass is 35.5. The fourth-order valence-electron chi connectivity index (χ4n) is 2.55. The molecular weight excluding hydrogens is 314 g/mol. The van der Waals surface area contributed by atoms with Crippen molar-refractivity contribution < 1.29 is 4.52 Å². The first kappa shape index (κ1) is 13.9. The Labute approximate surface area is 136 Å². The third-order valence-corrected chi connectivity index (χ3v) is 3.84. The zero-order valence-corrected chi connectivity index (χ0v) is 13.2. The number of hydrogen-bond donors (Lipinski definition) is 0. The van der Waals surface area contributed by atoms with Crippen LogP contribution in [0.1, 0.15) is 11.6 Å². The second-order valence-corrected chi connectivity index (χ2v) is 5.61. The number of aryl methyl sites for hydroxylation is 2. The van der Waals surface area contributed by atoms with E-state index in [1.54, 1.807) is 17.6 Å². The maximum absolute atomic E-state index is 5.97. The summed E-state index contributed by atoms with van der Waals surface area (Å²) >= 11 is 5.97. The predicted octanol–water partition coefficient (Wildman–Crippen LogP) is 3.72. The van der Waals surface area contributed by atoms with E-state index in [0.29, 0.717) is 22.4 Å². The van der Waals surface area contributed by atoms with E-state index in [4.69, 9.17) is 16.1 Å². The van der Waals surface area contributed by atoms with Crippen LogP contribution in [-0.4, -0.2) is 24.7 Å². The Morgan fingerprint density at radius 2 is 1.87 bits per heavy atom. The fraction of sp³-hybridized carbons (Fsp3) is 0.125. The summed E-state index contributed by atoms with van der Waals surface area (Å²) in [5, 5.41) is 9.28. The number of fused-ring (bicyclic) bond motifs is 1. The van der Waals surface area contributed by atoms with Crippen LogP contribution in [0.25, 0.3) is 28.3 Å². The number of aromatic nitrogens is 5. The largest absolute Gasteiger partial charge is 0.339 e. The lowest BCUT2D eigenvalue weighted by molar-refractivity contribution is 0.394. The molecule has 0 atom stereocenters. The SMILES string of the molecule is Cc1nc(-c2c(C)nn3c(-c4ccc(Cl)cc4)ccnc23)no1. The van der Waals surface area contributed by atoms with Gasteiger partial charge in [0.15, 0.2) is 5.65 Å². The van der Waals surface area contributed by atoms with E-state index in [1.807, 2.05) is 37.3 Å². The molecule has 0 saturated heterocycles. The average molecular weight is 326 g/mol. The molecule has 1 aromatic carbocycles. The topological polar surface area (TPSA) is 69.1 Å². The van der Waals surface area contributed by atoms with Crippen molar-refractivity contribution in [3.05, 3.63) is 53.1 Å². The van der Waals surface area contributed by atoms with Gasteiger partial charge in [-0.1, -0.05) is 28.9 Å². The molecule has 0 aliphatic carbocycles. The summed E-state index contributed by atoms with van der Waals surface area (Å²) in [6, 6.07) is 9.51. The first-order valence-corrected chi connectivity index (χ1v) is 7.42. The van der Waals surface area contributed by atoms with E-state index in [0.717, 1.165) is 22.5 Å². The lowest BCUT2D eigenvalue weighted by Gasteiger charge is -2.04. The Balaban J connectivity index is 1.97. The van der Waals surface area contributed by atoms with Gasteiger partial charge in [0, 0.05) is 23.7 Å². The summed E-state index contributed by atoms with van der Waals surface area (Å²) in [4.78, 5) is 8.73. The minimum atomic E-state index is 0.496. The van der Waals surface area contributed by atoms with Crippen LogP contribution in [-0.2, 0) is 0 Å². The highest BCUT2D eigenvalue weighted by Gasteiger charge is 2.19. The Bertz CT molecular complexity index is 1000. The third-order valence-electron chi connectivity index (χ3n) is 3.58. The second kappa shape index (κ2) is 5.17. The van der Waals surface area contributed by atoms with Crippen molar-refractivity contribution in [1.29, 1.82) is 0 Å². The van der Waals surface area contributed by atoms with Gasteiger partial charge >= 0.3 is 0 Å². The molecule has 0 aliphatic rings. The van der Waals surface area contributed by atoms with Gasteiger partial charge in [-0.05, 0) is 25.1 Å². The molecule has 3 aromatic heterocycles. The molecule has 0 bridgehead atoms. The van der Waals surface area contributed by atoms with Gasteiger partial charge in [0.25, 0.3) is 0 Å². The summed E-state index contributed by atoms with van der Waals surface area (Å²) in [6.45, 7) is 3.66. The van der Waals surface area contributed by atoms with E-state index in [2.05, 4.69) is 20.2 Å². The molecule has 0 amide bonds. The molecule has 4 aromatic rings. The molecule has 0 aliphatic heterocycles. The molecule has 0 fully saturated rings. The quantitative estimate of drug-likeness (QED) is 0.562. The summed E-state index contributed by atoms with van der Waals surface area (Å²) in [5.74, 6) is 1.00. The molecule has 7 heteroatoms. The van der Waals surface area contributed by atoms with Gasteiger partial charge < -0.3 is 4.52 Å². The Morgan fingerprint density at radius 1 is 1.09 bits per heavy atom. The van der Waals surface area contributed by atoms with Crippen LogP contribution < -0.4 is 0 Å². The van der Waals surface area contributed by atoms with Crippen LogP contribution in [0.5, 0.6) is 0 Å². The van der Waals surface area contributed by atoms with Crippen LogP contribution >= 0.6 is 11.6 Å². The molecule has 6 nitrogen and oxygen atoms in total. The monoisotopic (exact) mass is 325 g/mol. The molecule has 0 radical (unpaired) electrons. The molecule has 4 rings (SSSR count). The van der Waals surface area contributed by atoms with Crippen LogP contribution in [0.3, 0.4) is 0 Å². The number of hydrogen-bond acceptors (Lipinski definition) is 5. The Hall–Kier alpha value is -2.73. The van der Waals surface area contributed by atoms with E-state index in [1.165, 1.54) is 0 Å². The molecular formula is C16H12ClN5O. The summed E-state index contributed by atoms with van der Waals surface area (Å²) < 4.78 is 6.87. The van der Waals surface area contributed by atoms with Gasteiger partial charge in [0.2, 0.25) is 11.7 Å². The van der Waals surface area contributed by atoms with Crippen LogP contribution in [0.2, 0.25) is 5.02 Å². The Kier molecular flexibility index (Phi) is 3.12. The van der Waals surface area contributed by atoms with Gasteiger partial charge in [-0.15, -0.1) is 0 Å². The van der Waals surface area contributed by atoms with E-state index >= 15 is 0 Å². The predicted molar refractivity (Wildman–Crippen MR) is 86.2 cm³/mol. The molecule has 0 unspecified atom stereocenters. The van der Waals surface area contributed by atoms with Crippen molar-refractivity contribution in [2.75, 3.05) is 0 Å². The number of halogens is 1. The first-order chi connectivity index (χ1) is 11.1. The van der Waals surface area contributed by atoms with Crippen molar-refractivity contribution in [2.45, 2.75) is 13.8 Å². The van der Waals surface area contributed by atoms with Crippen molar-refractivity contribution >= 4 is 17.2 Å². The van der Waals surface area contributed by atoms with Gasteiger partial charge in [-0.2, -0.15) is 10.1 Å². The zero-order chi connectivity index (χ0) is 16.0. The first-order valence-electron chi connectivity index (χ1n) is 7.04. The van der Waals surface area contributed by atoms with Crippen molar-refractivity contribution in [2.24, 2.45) is 0 Å². The second-order valence-electron chi connectivity index (χ2n) is 5.17. The van der Waals surface area contributed by atoms with Gasteiger partial charge in [-0.25, -0.2) is 9.50 Å². The highest BCUT2D eigenvalue weighted by molar-refractivity contribution is 6.30. The standard InChI is InChI=1S/C16H12ClN5O/c1-9-14(15-19-10(2)23-21-15)16-18-8-7-13(22(16)20-9)11-3-5-12(17)6-4-11/h3-8H,1-2H3. The summed E-state index contributed by atoms with van der Waals surface area (Å²) in [6.07, 6.45) is 1.75. The van der Waals surface area contributed by atoms with Gasteiger partial charge in [0.05, 0.1) is 17.0 Å². The Morgan fingerprint density at radius 3 is 2.57 bits per heavy atom. The number of rotatable bonds is 2. The maximum atomic E-state index is 5.97. The molecule has 0 N–H and O–H groups in total. The van der Waals surface area contributed by atoms with Crippen LogP contribution in [0, 0.1) is 13.8 Å². The normalized spacial score (nSPS) is 11.3. The number of nitrogens with zero attached hydrogens (tertiary/aromatic N) is 5. The molecule has 114 valence electrons. The lowest BCUT2D eigenvalue weighted by Crippen LogP contribution is -1.96. The third kappa shape index (κ3) is 2.27. The van der Waals surface area contributed by atoms with Gasteiger partial charge in [0.1, 0.15) is 0 Å². The summed E-state index contributed by atoms with van der Waals surface area (Å²) in [5.41, 5.74) is 4.18. The molecule has 0 saturated carbocycles.